The van der Waals surface area contributed by atoms with Crippen LogP contribution in [0.5, 0.6) is 0 Å². The summed E-state index contributed by atoms with van der Waals surface area (Å²) >= 11 is 0. The van der Waals surface area contributed by atoms with E-state index in [1.807, 2.05) is 0 Å². The maximum atomic E-state index is 2.82. The van der Waals surface area contributed by atoms with Gasteiger partial charge in [0.05, 0.1) is 0 Å². The van der Waals surface area contributed by atoms with Crippen LogP contribution in [-0.4, -0.2) is 98.6 Å². The average Bonchev–Trinajstić information content (AvgIpc) is 2.95. The van der Waals surface area contributed by atoms with Gasteiger partial charge in [-0.1, -0.05) is 122 Å². The van der Waals surface area contributed by atoms with Gasteiger partial charge in [0.2, 0.25) is 0 Å². The van der Waals surface area contributed by atoms with E-state index in [0.29, 0.717) is 0 Å². The van der Waals surface area contributed by atoms with Gasteiger partial charge in [-0.25, -0.2) is 0 Å². The van der Waals surface area contributed by atoms with E-state index in [-0.39, 0.29) is 0 Å². The Labute approximate surface area is 253 Å². The lowest BCUT2D eigenvalue weighted by atomic mass is 10.0. The minimum absolute atomic E-state index is 1.24. The highest BCUT2D eigenvalue weighted by Crippen LogP contribution is 2.15. The molecule has 0 saturated carbocycles. The Kier molecular flexibility index (Phi) is 23.8. The summed E-state index contributed by atoms with van der Waals surface area (Å²) in [5, 5.41) is 0. The third kappa shape index (κ3) is 20.7. The Morgan fingerprint density at radius 3 is 1.18 bits per heavy atom. The highest BCUT2D eigenvalue weighted by molar-refractivity contribution is 4.69. The molecule has 0 amide bonds. The monoisotopic (exact) mass is 563 g/mol. The molecule has 3 rings (SSSR count). The zero-order valence-electron chi connectivity index (χ0n) is 27.8. The molecule has 3 aliphatic rings. The molecular formula is C36H74N4. The average molecular weight is 563 g/mol. The van der Waals surface area contributed by atoms with Gasteiger partial charge in [0.25, 0.3) is 0 Å². The first-order chi connectivity index (χ1) is 19.8. The summed E-state index contributed by atoms with van der Waals surface area (Å²) in [6, 6.07) is 0. The van der Waals surface area contributed by atoms with Gasteiger partial charge in [-0.05, 0) is 85.0 Å². The lowest BCUT2D eigenvalue weighted by molar-refractivity contribution is 0.164. The summed E-state index contributed by atoms with van der Waals surface area (Å²) in [4.78, 5) is 11.1. The van der Waals surface area contributed by atoms with Gasteiger partial charge in [-0.3, -0.25) is 0 Å². The predicted molar refractivity (Wildman–Crippen MR) is 179 cm³/mol. The van der Waals surface area contributed by atoms with Gasteiger partial charge in [0, 0.05) is 26.2 Å². The SMILES string of the molecule is CCCCN1CCCN2CCCCCCCCCCCCCCCCCCCCCN(CCCN(C)CC2)CC1. The second-order valence-electron chi connectivity index (χ2n) is 13.6. The Balaban J connectivity index is 1.88. The second kappa shape index (κ2) is 26.5. The van der Waals surface area contributed by atoms with Crippen LogP contribution in [0.3, 0.4) is 0 Å². The fourth-order valence-corrected chi connectivity index (χ4v) is 6.85. The minimum atomic E-state index is 1.24. The zero-order chi connectivity index (χ0) is 28.4. The number of likely N-dealkylation sites (N-methyl/N-ethyl adjacent to an activating group) is 1. The molecule has 2 unspecified atom stereocenters. The van der Waals surface area contributed by atoms with Gasteiger partial charge >= 0.3 is 0 Å². The van der Waals surface area contributed by atoms with Gasteiger partial charge in [-0.15, -0.1) is 0 Å². The summed E-state index contributed by atoms with van der Waals surface area (Å²) in [6.07, 6.45) is 33.1. The van der Waals surface area contributed by atoms with Crippen molar-refractivity contribution in [3.8, 4) is 0 Å². The summed E-state index contributed by atoms with van der Waals surface area (Å²) in [7, 11) is 2.36. The Morgan fingerprint density at radius 2 is 0.725 bits per heavy atom. The van der Waals surface area contributed by atoms with Crippen LogP contribution in [-0.2, 0) is 0 Å². The van der Waals surface area contributed by atoms with Gasteiger partial charge in [-0.2, -0.15) is 0 Å². The number of hydrogen-bond donors (Lipinski definition) is 0. The molecule has 2 atom stereocenters. The van der Waals surface area contributed by atoms with E-state index in [0.717, 1.165) is 0 Å². The normalized spacial score (nSPS) is 27.8. The van der Waals surface area contributed by atoms with E-state index in [9.17, 15) is 0 Å². The molecule has 3 heterocycles. The van der Waals surface area contributed by atoms with Crippen LogP contribution >= 0.6 is 0 Å². The Hall–Kier alpha value is -0.160. The maximum absolute atomic E-state index is 2.82. The molecule has 0 aromatic heterocycles. The van der Waals surface area contributed by atoms with E-state index in [1.54, 1.807) is 0 Å². The Morgan fingerprint density at radius 1 is 0.350 bits per heavy atom. The fraction of sp³-hybridized carbons (Fsp3) is 1.00. The lowest BCUT2D eigenvalue weighted by Crippen LogP contribution is -2.41. The molecule has 0 N–H and O–H groups in total. The van der Waals surface area contributed by atoms with Crippen LogP contribution in [0.2, 0.25) is 0 Å². The van der Waals surface area contributed by atoms with Crippen LogP contribution in [0.1, 0.15) is 155 Å². The summed E-state index contributed by atoms with van der Waals surface area (Å²) in [5.41, 5.74) is 0. The lowest BCUT2D eigenvalue weighted by Gasteiger charge is -2.31. The first kappa shape index (κ1) is 36.0. The summed E-state index contributed by atoms with van der Waals surface area (Å²) in [6.45, 7) is 16.5. The highest BCUT2D eigenvalue weighted by Gasteiger charge is 2.13. The van der Waals surface area contributed by atoms with E-state index < -0.39 is 0 Å². The molecule has 0 spiro atoms. The molecule has 2 bridgehead atoms. The molecule has 4 nitrogen and oxygen atoms in total. The van der Waals surface area contributed by atoms with E-state index in [2.05, 4.69) is 33.6 Å². The smallest absolute Gasteiger partial charge is 0.0109 e. The van der Waals surface area contributed by atoms with Crippen LogP contribution in [0, 0.1) is 0 Å². The molecule has 3 aliphatic heterocycles. The van der Waals surface area contributed by atoms with Gasteiger partial charge in [0.1, 0.15) is 0 Å². The topological polar surface area (TPSA) is 13.0 Å². The van der Waals surface area contributed by atoms with Crippen molar-refractivity contribution in [2.45, 2.75) is 155 Å². The van der Waals surface area contributed by atoms with Gasteiger partial charge < -0.3 is 19.6 Å². The number of unbranched alkanes of at least 4 members (excludes halogenated alkanes) is 1. The van der Waals surface area contributed by atoms with Crippen molar-refractivity contribution in [2.24, 2.45) is 0 Å². The molecule has 0 aromatic carbocycles. The molecule has 3 saturated heterocycles. The highest BCUT2D eigenvalue weighted by atomic mass is 15.2. The predicted octanol–water partition coefficient (Wildman–Crippen LogP) is 8.84. The summed E-state index contributed by atoms with van der Waals surface area (Å²) in [5.74, 6) is 0. The molecule has 4 heteroatoms. The van der Waals surface area contributed by atoms with Crippen LogP contribution < -0.4 is 0 Å². The standard InChI is InChI=1S/C36H74N4/c1-3-4-27-38-31-25-32-39-28-22-20-18-16-14-12-10-8-6-5-7-9-11-13-15-17-19-21-23-29-40(36-35-38)30-24-26-37(2)33-34-39/h3-36H2,1-2H3. The third-order valence-corrected chi connectivity index (χ3v) is 9.77. The molecule has 0 aromatic rings. The fourth-order valence-electron chi connectivity index (χ4n) is 6.85. The molecule has 0 radical (unpaired) electrons. The second-order valence-corrected chi connectivity index (χ2v) is 13.6. The van der Waals surface area contributed by atoms with Crippen molar-refractivity contribution in [3.63, 3.8) is 0 Å². The van der Waals surface area contributed by atoms with Crippen molar-refractivity contribution in [2.75, 3.05) is 79.0 Å². The quantitative estimate of drug-likeness (QED) is 0.340. The van der Waals surface area contributed by atoms with E-state index in [4.69, 9.17) is 0 Å². The number of rotatable bonds is 3. The van der Waals surface area contributed by atoms with Crippen molar-refractivity contribution < 1.29 is 0 Å². The van der Waals surface area contributed by atoms with Crippen molar-refractivity contribution in [1.29, 1.82) is 0 Å². The van der Waals surface area contributed by atoms with Crippen LogP contribution in [0.15, 0.2) is 0 Å². The molecule has 0 aliphatic carbocycles. The maximum Gasteiger partial charge on any atom is 0.0109 e. The van der Waals surface area contributed by atoms with Crippen LogP contribution in [0.25, 0.3) is 0 Å². The Bertz CT molecular complexity index is 525. The first-order valence-electron chi connectivity index (χ1n) is 18.6. The van der Waals surface area contributed by atoms with Crippen LogP contribution in [0.4, 0.5) is 0 Å². The van der Waals surface area contributed by atoms with E-state index >= 15 is 0 Å². The number of hydrogen-bond acceptors (Lipinski definition) is 4. The third-order valence-electron chi connectivity index (χ3n) is 9.77. The largest absolute Gasteiger partial charge is 0.305 e. The van der Waals surface area contributed by atoms with Gasteiger partial charge in [0.15, 0.2) is 0 Å². The molecule has 238 valence electrons. The van der Waals surface area contributed by atoms with Crippen molar-refractivity contribution >= 4 is 0 Å². The molecular weight excluding hydrogens is 488 g/mol. The van der Waals surface area contributed by atoms with E-state index in [1.165, 1.54) is 220 Å². The number of fused-ring (bicyclic) bond motifs is 30. The summed E-state index contributed by atoms with van der Waals surface area (Å²) < 4.78 is 0. The van der Waals surface area contributed by atoms with Crippen molar-refractivity contribution in [1.82, 2.24) is 19.6 Å². The first-order valence-corrected chi connectivity index (χ1v) is 18.6. The molecule has 40 heavy (non-hydrogen) atoms. The minimum Gasteiger partial charge on any atom is -0.305 e. The number of nitrogens with zero attached hydrogens (tertiary/aromatic N) is 4. The zero-order valence-corrected chi connectivity index (χ0v) is 27.8. The molecule has 3 fully saturated rings. The van der Waals surface area contributed by atoms with Crippen molar-refractivity contribution in [3.05, 3.63) is 0 Å².